The van der Waals surface area contributed by atoms with Crippen LogP contribution < -0.4 is 5.73 Å². The van der Waals surface area contributed by atoms with Crippen molar-refractivity contribution in [2.75, 3.05) is 19.5 Å². The Balaban J connectivity index is 2.38. The second-order valence-electron chi connectivity index (χ2n) is 4.03. The Bertz CT molecular complexity index is 583. The lowest BCUT2D eigenvalue weighted by Crippen LogP contribution is -2.16. The maximum absolute atomic E-state index is 11.4. The third kappa shape index (κ3) is 2.63. The van der Waals surface area contributed by atoms with Crippen LogP contribution in [0.4, 0.5) is 5.82 Å². The van der Waals surface area contributed by atoms with Gasteiger partial charge in [-0.2, -0.15) is 0 Å². The Morgan fingerprint density at radius 1 is 1.53 bits per heavy atom. The Morgan fingerprint density at radius 3 is 3.00 bits per heavy atom. The Labute approximate surface area is 109 Å². The van der Waals surface area contributed by atoms with Gasteiger partial charge in [0, 0.05) is 12.6 Å². The molecule has 2 aromatic heterocycles. The maximum atomic E-state index is 11.4. The highest BCUT2D eigenvalue weighted by atomic mass is 16.5. The molecule has 0 fully saturated rings. The van der Waals surface area contributed by atoms with Gasteiger partial charge in [-0.05, 0) is 6.42 Å². The molecule has 3 N–H and O–H groups in total. The molecule has 8 nitrogen and oxygen atoms in total. The average molecular weight is 265 g/mol. The first-order chi connectivity index (χ1) is 9.17. The third-order valence-corrected chi connectivity index (χ3v) is 2.87. The van der Waals surface area contributed by atoms with Crippen LogP contribution in [0.25, 0.3) is 11.2 Å². The summed E-state index contributed by atoms with van der Waals surface area (Å²) in [6, 6.07) is -0.281. The number of carbonyl (C=O) groups is 1. The van der Waals surface area contributed by atoms with Crippen LogP contribution in [-0.2, 0) is 9.53 Å². The minimum absolute atomic E-state index is 0.0537. The van der Waals surface area contributed by atoms with E-state index in [4.69, 9.17) is 10.8 Å². The van der Waals surface area contributed by atoms with Gasteiger partial charge in [0.25, 0.3) is 0 Å². The third-order valence-electron chi connectivity index (χ3n) is 2.87. The Hall–Kier alpha value is -2.22. The molecule has 1 unspecified atom stereocenters. The highest BCUT2D eigenvalue weighted by Crippen LogP contribution is 2.23. The summed E-state index contributed by atoms with van der Waals surface area (Å²) in [6.07, 6.45) is 3.40. The number of carbonyl (C=O) groups excluding carboxylic acids is 1. The van der Waals surface area contributed by atoms with Gasteiger partial charge in [0.1, 0.15) is 11.8 Å². The highest BCUT2D eigenvalue weighted by molar-refractivity contribution is 5.81. The molecule has 0 bridgehead atoms. The van der Waals surface area contributed by atoms with Gasteiger partial charge in [-0.25, -0.2) is 15.0 Å². The molecule has 0 aliphatic rings. The summed E-state index contributed by atoms with van der Waals surface area (Å²) in [7, 11) is 1.32. The lowest BCUT2D eigenvalue weighted by Gasteiger charge is -2.16. The number of ether oxygens (including phenoxy) is 1. The SMILES string of the molecule is COC(=O)CC(CCO)n1cnc2c(N)ncnc21. The summed E-state index contributed by atoms with van der Waals surface area (Å²) in [5.74, 6) is -0.0769. The summed E-state index contributed by atoms with van der Waals surface area (Å²) in [4.78, 5) is 23.5. The smallest absolute Gasteiger partial charge is 0.307 e. The van der Waals surface area contributed by atoms with Gasteiger partial charge in [0.2, 0.25) is 0 Å². The summed E-state index contributed by atoms with van der Waals surface area (Å²) >= 11 is 0. The first-order valence-corrected chi connectivity index (χ1v) is 5.78. The number of imidazole rings is 1. The number of nitrogens with zero attached hydrogens (tertiary/aromatic N) is 4. The number of fused-ring (bicyclic) bond motifs is 1. The fraction of sp³-hybridized carbons (Fsp3) is 0.455. The second kappa shape index (κ2) is 5.61. The molecule has 0 spiro atoms. The molecule has 0 aromatic carbocycles. The van der Waals surface area contributed by atoms with Crippen molar-refractivity contribution in [1.82, 2.24) is 19.5 Å². The van der Waals surface area contributed by atoms with E-state index in [2.05, 4.69) is 19.7 Å². The number of aliphatic hydroxyl groups excluding tert-OH is 1. The van der Waals surface area contributed by atoms with Crippen molar-refractivity contribution in [2.45, 2.75) is 18.9 Å². The fourth-order valence-corrected chi connectivity index (χ4v) is 1.90. The lowest BCUT2D eigenvalue weighted by molar-refractivity contribution is -0.141. The molecule has 2 heterocycles. The normalized spacial score (nSPS) is 12.5. The number of aromatic nitrogens is 4. The lowest BCUT2D eigenvalue weighted by atomic mass is 10.1. The largest absolute Gasteiger partial charge is 0.469 e. The molecule has 2 rings (SSSR count). The van der Waals surface area contributed by atoms with Gasteiger partial charge < -0.3 is 20.1 Å². The Morgan fingerprint density at radius 2 is 2.32 bits per heavy atom. The first-order valence-electron chi connectivity index (χ1n) is 5.78. The van der Waals surface area contributed by atoms with Crippen LogP contribution >= 0.6 is 0 Å². The number of esters is 1. The van der Waals surface area contributed by atoms with Crippen LogP contribution in [0.3, 0.4) is 0 Å². The number of anilines is 1. The van der Waals surface area contributed by atoms with E-state index in [-0.39, 0.29) is 30.9 Å². The van der Waals surface area contributed by atoms with Crippen LogP contribution in [0.2, 0.25) is 0 Å². The second-order valence-corrected chi connectivity index (χ2v) is 4.03. The zero-order valence-electron chi connectivity index (χ0n) is 10.5. The molecule has 0 radical (unpaired) electrons. The molecular formula is C11H15N5O3. The Kier molecular flexibility index (Phi) is 3.91. The van der Waals surface area contributed by atoms with Crippen LogP contribution in [0.15, 0.2) is 12.7 Å². The van der Waals surface area contributed by atoms with Gasteiger partial charge in [-0.15, -0.1) is 0 Å². The molecule has 0 saturated carbocycles. The van der Waals surface area contributed by atoms with Crippen molar-refractivity contribution in [3.63, 3.8) is 0 Å². The molecule has 8 heteroatoms. The van der Waals surface area contributed by atoms with Crippen LogP contribution in [-0.4, -0.2) is 44.3 Å². The van der Waals surface area contributed by atoms with Gasteiger partial charge in [-0.3, -0.25) is 4.79 Å². The summed E-state index contributed by atoms with van der Waals surface area (Å²) in [6.45, 7) is -0.0537. The topological polar surface area (TPSA) is 116 Å². The number of rotatable bonds is 5. The summed E-state index contributed by atoms with van der Waals surface area (Å²) in [5.41, 5.74) is 6.72. The van der Waals surface area contributed by atoms with E-state index >= 15 is 0 Å². The molecule has 0 aliphatic heterocycles. The zero-order chi connectivity index (χ0) is 13.8. The van der Waals surface area contributed by atoms with Gasteiger partial charge >= 0.3 is 5.97 Å². The van der Waals surface area contributed by atoms with E-state index in [1.807, 2.05) is 0 Å². The number of hydrogen-bond donors (Lipinski definition) is 2. The molecule has 0 amide bonds. The number of nitrogen functional groups attached to an aromatic ring is 1. The van der Waals surface area contributed by atoms with Gasteiger partial charge in [0.15, 0.2) is 11.5 Å². The maximum Gasteiger partial charge on any atom is 0.307 e. The van der Waals surface area contributed by atoms with Crippen LogP contribution in [0.1, 0.15) is 18.9 Å². The minimum atomic E-state index is -0.359. The molecule has 102 valence electrons. The number of aliphatic hydroxyl groups is 1. The van der Waals surface area contributed by atoms with E-state index in [1.165, 1.54) is 13.4 Å². The number of methoxy groups -OCH3 is 1. The van der Waals surface area contributed by atoms with Crippen molar-refractivity contribution < 1.29 is 14.6 Å². The van der Waals surface area contributed by atoms with Gasteiger partial charge in [0.05, 0.1) is 19.9 Å². The van der Waals surface area contributed by atoms with Crippen molar-refractivity contribution in [3.05, 3.63) is 12.7 Å². The summed E-state index contributed by atoms with van der Waals surface area (Å²) < 4.78 is 6.36. The monoisotopic (exact) mass is 265 g/mol. The van der Waals surface area contributed by atoms with E-state index in [0.29, 0.717) is 17.6 Å². The molecule has 19 heavy (non-hydrogen) atoms. The fourth-order valence-electron chi connectivity index (χ4n) is 1.90. The van der Waals surface area contributed by atoms with E-state index in [1.54, 1.807) is 10.9 Å². The molecule has 0 aliphatic carbocycles. The van der Waals surface area contributed by atoms with E-state index < -0.39 is 0 Å². The number of hydrogen-bond acceptors (Lipinski definition) is 7. The van der Waals surface area contributed by atoms with E-state index in [9.17, 15) is 4.79 Å². The zero-order valence-corrected chi connectivity index (χ0v) is 10.5. The standard InChI is InChI=1S/C11H15N5O3/c1-19-8(18)4-7(2-3-17)16-6-15-9-10(12)13-5-14-11(9)16/h5-7,17H,2-4H2,1H3,(H2,12,13,14). The first kappa shape index (κ1) is 13.2. The highest BCUT2D eigenvalue weighted by Gasteiger charge is 2.19. The van der Waals surface area contributed by atoms with Crippen LogP contribution in [0.5, 0.6) is 0 Å². The molecule has 0 saturated heterocycles. The predicted octanol–water partition coefficient (Wildman–Crippen LogP) is -0.105. The van der Waals surface area contributed by atoms with E-state index in [0.717, 1.165) is 0 Å². The number of nitrogens with two attached hydrogens (primary N) is 1. The molecular weight excluding hydrogens is 250 g/mol. The summed E-state index contributed by atoms with van der Waals surface area (Å²) in [5, 5.41) is 9.10. The van der Waals surface area contributed by atoms with Crippen molar-refractivity contribution in [3.8, 4) is 0 Å². The van der Waals surface area contributed by atoms with Crippen LogP contribution in [0, 0.1) is 0 Å². The van der Waals surface area contributed by atoms with Crippen molar-refractivity contribution in [2.24, 2.45) is 0 Å². The minimum Gasteiger partial charge on any atom is -0.469 e. The van der Waals surface area contributed by atoms with Crippen molar-refractivity contribution >= 4 is 23.0 Å². The predicted molar refractivity (Wildman–Crippen MR) is 67.1 cm³/mol. The molecule has 2 aromatic rings. The van der Waals surface area contributed by atoms with Gasteiger partial charge in [-0.1, -0.05) is 0 Å². The average Bonchev–Trinajstić information content (AvgIpc) is 2.83. The quantitative estimate of drug-likeness (QED) is 0.725. The molecule has 1 atom stereocenters. The van der Waals surface area contributed by atoms with Crippen molar-refractivity contribution in [1.29, 1.82) is 0 Å².